The molecular formula is C40H62O11. The first-order valence-corrected chi connectivity index (χ1v) is 19.3. The Morgan fingerprint density at radius 3 is 2.18 bits per heavy atom. The van der Waals surface area contributed by atoms with Gasteiger partial charge in [-0.2, -0.15) is 0 Å². The van der Waals surface area contributed by atoms with Crippen LogP contribution >= 0.6 is 0 Å². The largest absolute Gasteiger partial charge is 0.481 e. The van der Waals surface area contributed by atoms with Crippen molar-refractivity contribution >= 4 is 17.9 Å². The maximum absolute atomic E-state index is 14.5. The number of allylic oxidation sites excluding steroid dienone is 2. The van der Waals surface area contributed by atoms with Crippen molar-refractivity contribution in [2.75, 3.05) is 6.61 Å². The van der Waals surface area contributed by atoms with E-state index in [4.69, 9.17) is 19.3 Å². The van der Waals surface area contributed by atoms with E-state index >= 15 is 0 Å². The topological polar surface area (TPSA) is 180 Å². The number of aliphatic carboxylic acids is 1. The number of carboxylic acid groups (broad SMARTS) is 1. The molecule has 288 valence electrons. The van der Waals surface area contributed by atoms with Gasteiger partial charge in [0.25, 0.3) is 0 Å². The Morgan fingerprint density at radius 1 is 0.824 bits per heavy atom. The van der Waals surface area contributed by atoms with Gasteiger partial charge in [0.1, 0.15) is 30.5 Å². The SMILES string of the molecule is CC1(C)CC[C@]2(C(=O)O[C@@H]3O[C@H](CO)[C@@H](O)[C@H](O)[C@H]3O)CC[C@]3(C)C(=CC[C@@H]4[C@@]5(C)CC[C@H](OC(=O)CCC(=O)O)C(C)(C)[C@@H]5CC[C@]43C)[C@@H]2C1. The molecule has 5 aliphatic carbocycles. The summed E-state index contributed by atoms with van der Waals surface area (Å²) >= 11 is 0. The van der Waals surface area contributed by atoms with Crippen molar-refractivity contribution in [3.63, 3.8) is 0 Å². The zero-order valence-corrected chi connectivity index (χ0v) is 31.7. The Kier molecular flexibility index (Phi) is 9.90. The molecule has 11 nitrogen and oxygen atoms in total. The zero-order valence-electron chi connectivity index (χ0n) is 31.7. The molecular weight excluding hydrogens is 656 g/mol. The van der Waals surface area contributed by atoms with Crippen molar-refractivity contribution in [2.24, 2.45) is 50.2 Å². The van der Waals surface area contributed by atoms with Gasteiger partial charge in [-0.15, -0.1) is 0 Å². The Labute approximate surface area is 302 Å². The van der Waals surface area contributed by atoms with Gasteiger partial charge in [-0.3, -0.25) is 14.4 Å². The number of carbonyl (C=O) groups excluding carboxylic acids is 2. The number of fused-ring (bicyclic) bond motifs is 7. The second-order valence-corrected chi connectivity index (χ2v) is 19.2. The minimum Gasteiger partial charge on any atom is -0.481 e. The number of rotatable bonds is 7. The molecule has 0 aromatic heterocycles. The lowest BCUT2D eigenvalue weighted by molar-refractivity contribution is -0.297. The highest BCUT2D eigenvalue weighted by Gasteiger charge is 2.70. The van der Waals surface area contributed by atoms with Crippen molar-refractivity contribution in [3.8, 4) is 0 Å². The van der Waals surface area contributed by atoms with E-state index in [9.17, 15) is 34.8 Å². The van der Waals surface area contributed by atoms with Crippen LogP contribution in [0.1, 0.15) is 126 Å². The van der Waals surface area contributed by atoms with Gasteiger partial charge in [0.2, 0.25) is 6.29 Å². The zero-order chi connectivity index (χ0) is 37.5. The minimum absolute atomic E-state index is 0.00236. The van der Waals surface area contributed by atoms with E-state index in [0.29, 0.717) is 24.7 Å². The molecule has 1 heterocycles. The summed E-state index contributed by atoms with van der Waals surface area (Å²) in [5.41, 5.74) is 0.0254. The fourth-order valence-electron chi connectivity index (χ4n) is 12.6. The second-order valence-electron chi connectivity index (χ2n) is 19.2. The van der Waals surface area contributed by atoms with Crippen LogP contribution in [0.15, 0.2) is 11.6 Å². The van der Waals surface area contributed by atoms with Crippen LogP contribution in [0.25, 0.3) is 0 Å². The summed E-state index contributed by atoms with van der Waals surface area (Å²) in [4.78, 5) is 38.2. The summed E-state index contributed by atoms with van der Waals surface area (Å²) in [6.07, 6.45) is 2.65. The van der Waals surface area contributed by atoms with E-state index in [0.717, 1.165) is 51.4 Å². The molecule has 0 unspecified atom stereocenters. The predicted molar refractivity (Wildman–Crippen MR) is 186 cm³/mol. The number of hydrogen-bond acceptors (Lipinski definition) is 10. The highest BCUT2D eigenvalue weighted by molar-refractivity contribution is 5.79. The first-order valence-electron chi connectivity index (χ1n) is 19.3. The van der Waals surface area contributed by atoms with Gasteiger partial charge in [0.05, 0.1) is 24.9 Å². The molecule has 5 fully saturated rings. The third-order valence-corrected chi connectivity index (χ3v) is 15.9. The van der Waals surface area contributed by atoms with E-state index in [2.05, 4.69) is 54.5 Å². The molecule has 0 radical (unpaired) electrons. The molecule has 6 aliphatic rings. The summed E-state index contributed by atoms with van der Waals surface area (Å²) in [6, 6.07) is 0. The van der Waals surface area contributed by atoms with Gasteiger partial charge in [0, 0.05) is 5.41 Å². The van der Waals surface area contributed by atoms with Crippen LogP contribution in [-0.4, -0.2) is 86.9 Å². The fourth-order valence-corrected chi connectivity index (χ4v) is 12.6. The second kappa shape index (κ2) is 13.1. The molecule has 1 saturated heterocycles. The number of carboxylic acids is 1. The first kappa shape index (κ1) is 38.7. The molecule has 13 atom stereocenters. The average molecular weight is 719 g/mol. The lowest BCUT2D eigenvalue weighted by Gasteiger charge is -2.71. The van der Waals surface area contributed by atoms with Crippen molar-refractivity contribution in [1.29, 1.82) is 0 Å². The standard InChI is InChI=1S/C40H62O11/c1-35(2)16-18-40(34(48)51-33-32(47)31(46)30(45)24(21-41)49-33)19-17-38(6)22(23(40)20-35)8-9-26-37(5)14-13-27(50-29(44)11-10-28(42)43)36(3,4)25(37)12-15-39(26,38)7/h8,23-27,30-33,41,45-47H,9-21H2,1-7H3,(H,42,43)/t23-,24+,25-,26+,27-,30+,31-,32+,33-,37-,38+,39+,40-/m0/s1. The number of ether oxygens (including phenoxy) is 3. The van der Waals surface area contributed by atoms with Crippen LogP contribution in [0.5, 0.6) is 0 Å². The highest BCUT2D eigenvalue weighted by atomic mass is 16.7. The van der Waals surface area contributed by atoms with E-state index in [1.165, 1.54) is 5.57 Å². The molecule has 1 aliphatic heterocycles. The third kappa shape index (κ3) is 6.00. The molecule has 11 heteroatoms. The fraction of sp³-hybridized carbons (Fsp3) is 0.875. The Hall–Kier alpha value is -2.05. The lowest BCUT2D eigenvalue weighted by Crippen LogP contribution is -2.65. The van der Waals surface area contributed by atoms with E-state index in [1.807, 2.05) is 0 Å². The van der Waals surface area contributed by atoms with Gasteiger partial charge in [0.15, 0.2) is 0 Å². The summed E-state index contributed by atoms with van der Waals surface area (Å²) < 4.78 is 17.6. The summed E-state index contributed by atoms with van der Waals surface area (Å²) in [5, 5.41) is 50.3. The third-order valence-electron chi connectivity index (χ3n) is 15.9. The summed E-state index contributed by atoms with van der Waals surface area (Å²) in [7, 11) is 0. The minimum atomic E-state index is -1.65. The predicted octanol–water partition coefficient (Wildman–Crippen LogP) is 4.91. The monoisotopic (exact) mass is 718 g/mol. The summed E-state index contributed by atoms with van der Waals surface area (Å²) in [6.45, 7) is 15.7. The smallest absolute Gasteiger partial charge is 0.315 e. The van der Waals surface area contributed by atoms with E-state index in [-0.39, 0.29) is 51.9 Å². The number of carbonyl (C=O) groups is 3. The maximum atomic E-state index is 14.5. The number of hydrogen-bond donors (Lipinski definition) is 5. The molecule has 0 spiro atoms. The molecule has 5 N–H and O–H groups in total. The van der Waals surface area contributed by atoms with Crippen LogP contribution in [-0.2, 0) is 28.6 Å². The van der Waals surface area contributed by atoms with Crippen LogP contribution in [0.3, 0.4) is 0 Å². The van der Waals surface area contributed by atoms with Gasteiger partial charge in [-0.25, -0.2) is 0 Å². The van der Waals surface area contributed by atoms with Crippen molar-refractivity contribution in [3.05, 3.63) is 11.6 Å². The van der Waals surface area contributed by atoms with Crippen molar-refractivity contribution in [1.82, 2.24) is 0 Å². The number of esters is 2. The van der Waals surface area contributed by atoms with Crippen molar-refractivity contribution < 1.29 is 54.1 Å². The average Bonchev–Trinajstić information content (AvgIpc) is 3.05. The Balaban J connectivity index is 1.29. The lowest BCUT2D eigenvalue weighted by atomic mass is 9.33. The molecule has 4 saturated carbocycles. The van der Waals surface area contributed by atoms with Gasteiger partial charge in [-0.1, -0.05) is 60.1 Å². The molecule has 0 amide bonds. The van der Waals surface area contributed by atoms with Gasteiger partial charge >= 0.3 is 17.9 Å². The quantitative estimate of drug-likeness (QED) is 0.178. The maximum Gasteiger partial charge on any atom is 0.315 e. The Morgan fingerprint density at radius 2 is 1.51 bits per heavy atom. The first-order chi connectivity index (χ1) is 23.7. The van der Waals surface area contributed by atoms with Crippen molar-refractivity contribution in [2.45, 2.75) is 162 Å². The molecule has 6 rings (SSSR count). The van der Waals surface area contributed by atoms with Crippen LogP contribution in [0, 0.1) is 50.2 Å². The van der Waals surface area contributed by atoms with E-state index in [1.54, 1.807) is 0 Å². The molecule has 51 heavy (non-hydrogen) atoms. The van der Waals surface area contributed by atoms with Crippen LogP contribution < -0.4 is 0 Å². The molecule has 0 aromatic carbocycles. The van der Waals surface area contributed by atoms with E-state index < -0.39 is 60.6 Å². The molecule has 0 bridgehead atoms. The molecule has 0 aromatic rings. The van der Waals surface area contributed by atoms with Gasteiger partial charge < -0.3 is 39.7 Å². The van der Waals surface area contributed by atoms with Crippen LogP contribution in [0.2, 0.25) is 0 Å². The normalized spacial score (nSPS) is 47.0. The summed E-state index contributed by atoms with van der Waals surface area (Å²) in [5.74, 6) is -1.27. The van der Waals surface area contributed by atoms with Gasteiger partial charge in [-0.05, 0) is 104 Å². The number of aliphatic hydroxyl groups excluding tert-OH is 4. The van der Waals surface area contributed by atoms with Crippen LogP contribution in [0.4, 0.5) is 0 Å². The Bertz CT molecular complexity index is 1420. The number of aliphatic hydroxyl groups is 4. The highest BCUT2D eigenvalue weighted by Crippen LogP contribution is 2.76.